The average molecular weight is 521 g/mol. The van der Waals surface area contributed by atoms with E-state index >= 15 is 0 Å². The standard InChI is InChI=1S/C36H25N3O/c40-34-20-8-7-17-31(34)36-38-35-30(18-10-19-33(35)39(36)29-15-5-2-6-16-29)27-13-9-14-28(23-27)32-24-26(21-22-37-32)25-11-3-1-4-12-25/h1-24,40H/i8D,17D,21D,22D,24D. The Balaban J connectivity index is 1.45. The fourth-order valence-electron chi connectivity index (χ4n) is 4.94. The summed E-state index contributed by atoms with van der Waals surface area (Å²) in [5.41, 5.74) is 5.95. The third kappa shape index (κ3) is 4.22. The number of nitrogens with zero attached hydrogens (tertiary/aromatic N) is 3. The van der Waals surface area contributed by atoms with Crippen molar-refractivity contribution < 1.29 is 12.0 Å². The summed E-state index contributed by atoms with van der Waals surface area (Å²) < 4.78 is 44.4. The smallest absolute Gasteiger partial charge is 0.149 e. The van der Waals surface area contributed by atoms with Gasteiger partial charge in [0.25, 0.3) is 0 Å². The third-order valence-corrected chi connectivity index (χ3v) is 6.80. The van der Waals surface area contributed by atoms with Gasteiger partial charge in [-0.3, -0.25) is 9.55 Å². The van der Waals surface area contributed by atoms with Crippen molar-refractivity contribution in [3.8, 4) is 56.3 Å². The molecule has 0 aliphatic rings. The summed E-state index contributed by atoms with van der Waals surface area (Å²) in [6, 6.07) is 34.8. The van der Waals surface area contributed by atoms with Gasteiger partial charge in [-0.15, -0.1) is 0 Å². The Labute approximate surface area is 239 Å². The van der Waals surface area contributed by atoms with Gasteiger partial charge in [0.2, 0.25) is 0 Å². The van der Waals surface area contributed by atoms with Crippen LogP contribution >= 0.6 is 0 Å². The molecule has 0 aliphatic heterocycles. The molecule has 4 nitrogen and oxygen atoms in total. The molecule has 5 aromatic carbocycles. The number of rotatable bonds is 5. The lowest BCUT2D eigenvalue weighted by molar-refractivity contribution is 0.477. The number of imidazole rings is 1. The lowest BCUT2D eigenvalue weighted by Crippen LogP contribution is -1.97. The van der Waals surface area contributed by atoms with Crippen LogP contribution in [0.5, 0.6) is 5.75 Å². The van der Waals surface area contributed by atoms with Crippen LogP contribution in [0.4, 0.5) is 0 Å². The van der Waals surface area contributed by atoms with E-state index in [1.165, 1.54) is 12.1 Å². The van der Waals surface area contributed by atoms with Crippen LogP contribution in [-0.4, -0.2) is 19.6 Å². The molecule has 0 aliphatic carbocycles. The highest BCUT2D eigenvalue weighted by Gasteiger charge is 2.19. The van der Waals surface area contributed by atoms with E-state index in [1.807, 2.05) is 108 Å². The molecule has 7 aromatic rings. The molecular formula is C36H25N3O. The van der Waals surface area contributed by atoms with Crippen LogP contribution in [0, 0.1) is 0 Å². The van der Waals surface area contributed by atoms with E-state index in [9.17, 15) is 5.11 Å². The van der Waals surface area contributed by atoms with Gasteiger partial charge < -0.3 is 5.11 Å². The largest absolute Gasteiger partial charge is 0.507 e. The summed E-state index contributed by atoms with van der Waals surface area (Å²) in [4.78, 5) is 9.36. The fraction of sp³-hybridized carbons (Fsp3) is 0. The predicted octanol–water partition coefficient (Wildman–Crippen LogP) is 8.79. The topological polar surface area (TPSA) is 50.9 Å². The summed E-state index contributed by atoms with van der Waals surface area (Å²) in [7, 11) is 0. The Bertz CT molecular complexity index is 2210. The van der Waals surface area contributed by atoms with E-state index in [4.69, 9.17) is 11.8 Å². The van der Waals surface area contributed by atoms with E-state index in [1.54, 1.807) is 0 Å². The van der Waals surface area contributed by atoms with E-state index < -0.39 is 0 Å². The lowest BCUT2D eigenvalue weighted by atomic mass is 9.99. The molecule has 2 heterocycles. The second-order valence-electron chi connectivity index (χ2n) is 9.28. The van der Waals surface area contributed by atoms with E-state index in [-0.39, 0.29) is 41.7 Å². The van der Waals surface area contributed by atoms with Gasteiger partial charge in [0.05, 0.1) is 29.1 Å². The molecule has 4 heteroatoms. The number of fused-ring (bicyclic) bond motifs is 1. The maximum atomic E-state index is 10.9. The van der Waals surface area contributed by atoms with Crippen LogP contribution in [-0.2, 0) is 0 Å². The Morgan fingerprint density at radius 3 is 2.23 bits per heavy atom. The minimum atomic E-state index is -0.205. The molecule has 2 aromatic heterocycles. The first kappa shape index (κ1) is 18.7. The van der Waals surface area contributed by atoms with Gasteiger partial charge >= 0.3 is 0 Å². The van der Waals surface area contributed by atoms with Crippen molar-refractivity contribution in [2.24, 2.45) is 0 Å². The van der Waals surface area contributed by atoms with Crippen LogP contribution in [0.2, 0.25) is 0 Å². The molecule has 0 fully saturated rings. The minimum absolute atomic E-state index is 0.0108. The van der Waals surface area contributed by atoms with Crippen molar-refractivity contribution >= 4 is 11.0 Å². The van der Waals surface area contributed by atoms with E-state index in [0.29, 0.717) is 33.7 Å². The van der Waals surface area contributed by atoms with Gasteiger partial charge in [-0.2, -0.15) is 0 Å². The first-order valence-corrected chi connectivity index (χ1v) is 12.8. The summed E-state index contributed by atoms with van der Waals surface area (Å²) in [5, 5.41) is 10.9. The van der Waals surface area contributed by atoms with Crippen LogP contribution in [0.15, 0.2) is 146 Å². The number of aromatic nitrogens is 3. The average Bonchev–Trinajstić information content (AvgIpc) is 3.42. The monoisotopic (exact) mass is 520 g/mol. The molecule has 190 valence electrons. The lowest BCUT2D eigenvalue weighted by Gasteiger charge is -2.11. The van der Waals surface area contributed by atoms with Crippen LogP contribution in [0.1, 0.15) is 6.85 Å². The molecule has 0 saturated heterocycles. The van der Waals surface area contributed by atoms with Crippen LogP contribution in [0.3, 0.4) is 0 Å². The molecule has 0 atom stereocenters. The molecular weight excluding hydrogens is 490 g/mol. The Morgan fingerprint density at radius 2 is 1.40 bits per heavy atom. The van der Waals surface area contributed by atoms with Crippen molar-refractivity contribution in [1.82, 2.24) is 14.5 Å². The van der Waals surface area contributed by atoms with Gasteiger partial charge in [-0.05, 0) is 65.1 Å². The highest BCUT2D eigenvalue weighted by Crippen LogP contribution is 2.38. The normalized spacial score (nSPS) is 12.8. The summed E-state index contributed by atoms with van der Waals surface area (Å²) >= 11 is 0. The number of hydrogen-bond acceptors (Lipinski definition) is 3. The van der Waals surface area contributed by atoms with Crippen LogP contribution in [0.25, 0.3) is 61.6 Å². The second kappa shape index (κ2) is 10.0. The quantitative estimate of drug-likeness (QED) is 0.247. The maximum Gasteiger partial charge on any atom is 0.149 e. The Hall–Kier alpha value is -5.48. The molecule has 40 heavy (non-hydrogen) atoms. The molecule has 0 bridgehead atoms. The number of phenols is 1. The summed E-state index contributed by atoms with van der Waals surface area (Å²) in [6.45, 7) is 0. The number of phenolic OH excluding ortho intramolecular Hbond substituents is 1. The van der Waals surface area contributed by atoms with Crippen molar-refractivity contribution in [3.05, 3.63) is 146 Å². The molecule has 7 rings (SSSR count). The first-order chi connectivity index (χ1) is 21.8. The fourth-order valence-corrected chi connectivity index (χ4v) is 4.94. The van der Waals surface area contributed by atoms with Gasteiger partial charge in [0.1, 0.15) is 11.6 Å². The van der Waals surface area contributed by atoms with Crippen molar-refractivity contribution in [2.75, 3.05) is 0 Å². The minimum Gasteiger partial charge on any atom is -0.507 e. The van der Waals surface area contributed by atoms with Crippen molar-refractivity contribution in [2.45, 2.75) is 0 Å². The highest BCUT2D eigenvalue weighted by molar-refractivity contribution is 5.96. The molecule has 0 spiro atoms. The van der Waals surface area contributed by atoms with Crippen LogP contribution < -0.4 is 0 Å². The van der Waals surface area contributed by atoms with Crippen molar-refractivity contribution in [1.29, 1.82) is 0 Å². The molecule has 0 saturated carbocycles. The summed E-state index contributed by atoms with van der Waals surface area (Å²) in [5.74, 6) is 0.172. The number of pyridine rings is 1. The molecule has 1 N–H and O–H groups in total. The van der Waals surface area contributed by atoms with Gasteiger partial charge in [0, 0.05) is 23.0 Å². The number of aromatic hydroxyl groups is 1. The SMILES string of the molecule is [2H]c1cc([2H])c(-c2nc3c(-c4cccc(-c5nc([2H])c([2H])c(-c6ccccc6)c5[2H])c4)cccc3n2-c2ccccc2)c(O)c1. The highest BCUT2D eigenvalue weighted by atomic mass is 16.3. The zero-order valence-electron chi connectivity index (χ0n) is 26.3. The Morgan fingerprint density at radius 1 is 0.650 bits per heavy atom. The van der Waals surface area contributed by atoms with Gasteiger partial charge in [-0.25, -0.2) is 4.98 Å². The number of para-hydroxylation sites is 3. The van der Waals surface area contributed by atoms with E-state index in [0.717, 1.165) is 22.3 Å². The first-order valence-electron chi connectivity index (χ1n) is 15.3. The van der Waals surface area contributed by atoms with E-state index in [2.05, 4.69) is 4.98 Å². The molecule has 0 amide bonds. The van der Waals surface area contributed by atoms with Gasteiger partial charge in [0.15, 0.2) is 0 Å². The number of benzene rings is 5. The molecule has 0 radical (unpaired) electrons. The third-order valence-electron chi connectivity index (χ3n) is 6.80. The van der Waals surface area contributed by atoms with Crippen molar-refractivity contribution in [3.63, 3.8) is 0 Å². The number of hydrogen-bond donors (Lipinski definition) is 1. The zero-order valence-corrected chi connectivity index (χ0v) is 21.3. The van der Waals surface area contributed by atoms with Gasteiger partial charge in [-0.1, -0.05) is 91.0 Å². The molecule has 0 unspecified atom stereocenters. The maximum absolute atomic E-state index is 10.9. The summed E-state index contributed by atoms with van der Waals surface area (Å²) in [6.07, 6.45) is -0.205. The zero-order chi connectivity index (χ0) is 31.2. The second-order valence-corrected chi connectivity index (χ2v) is 9.28. The Kier molecular flexibility index (Phi) is 4.68. The predicted molar refractivity (Wildman–Crippen MR) is 162 cm³/mol.